The lowest BCUT2D eigenvalue weighted by Gasteiger charge is -1.99. The number of nitrogens with zero attached hydrogens (tertiary/aromatic N) is 1. The molecule has 4 heteroatoms. The number of hydrogen-bond acceptors (Lipinski definition) is 4. The van der Waals surface area contributed by atoms with Crippen LogP contribution in [0.25, 0.3) is 0 Å². The summed E-state index contributed by atoms with van der Waals surface area (Å²) < 4.78 is 5.08. The molecule has 0 aliphatic carbocycles. The van der Waals surface area contributed by atoms with Gasteiger partial charge in [-0.25, -0.2) is 9.78 Å². The Hall–Kier alpha value is -0.900. The molecule has 84 valence electrons. The van der Waals surface area contributed by atoms with Crippen molar-refractivity contribution in [2.24, 2.45) is 0 Å². The Kier molecular flexibility index (Phi) is 4.75. The molecule has 15 heavy (non-hydrogen) atoms. The van der Waals surface area contributed by atoms with E-state index in [1.54, 1.807) is 0 Å². The zero-order valence-electron chi connectivity index (χ0n) is 9.50. The summed E-state index contributed by atoms with van der Waals surface area (Å²) in [5.41, 5.74) is 0.796. The van der Waals surface area contributed by atoms with Crippen LogP contribution in [-0.2, 0) is 11.2 Å². The van der Waals surface area contributed by atoms with E-state index in [1.165, 1.54) is 11.3 Å². The molecular formula is C11H17NO2S. The van der Waals surface area contributed by atoms with E-state index < -0.39 is 0 Å². The first-order valence-corrected chi connectivity index (χ1v) is 6.14. The summed E-state index contributed by atoms with van der Waals surface area (Å²) in [6, 6.07) is 0. The summed E-state index contributed by atoms with van der Waals surface area (Å²) in [4.78, 5) is 16.6. The van der Waals surface area contributed by atoms with Gasteiger partial charge in [0.25, 0.3) is 0 Å². The van der Waals surface area contributed by atoms with Crippen LogP contribution in [0.5, 0.6) is 0 Å². The molecule has 0 unspecified atom stereocenters. The Morgan fingerprint density at radius 1 is 1.40 bits per heavy atom. The van der Waals surface area contributed by atoms with Gasteiger partial charge in [-0.1, -0.05) is 13.8 Å². The van der Waals surface area contributed by atoms with Crippen LogP contribution < -0.4 is 0 Å². The Bertz CT molecular complexity index is 333. The molecule has 1 aromatic rings. The molecule has 0 bridgehead atoms. The van der Waals surface area contributed by atoms with E-state index in [1.807, 2.05) is 13.8 Å². The van der Waals surface area contributed by atoms with Crippen LogP contribution in [0.2, 0.25) is 0 Å². The first kappa shape index (κ1) is 12.2. The SMILES string of the molecule is CCCOC(=O)c1sc(CCC)nc1C. The number of aromatic nitrogens is 1. The molecule has 0 spiro atoms. The van der Waals surface area contributed by atoms with Gasteiger partial charge in [0, 0.05) is 0 Å². The topological polar surface area (TPSA) is 39.2 Å². The normalized spacial score (nSPS) is 10.3. The molecule has 0 aromatic carbocycles. The van der Waals surface area contributed by atoms with Gasteiger partial charge in [-0.2, -0.15) is 0 Å². The number of rotatable bonds is 5. The van der Waals surface area contributed by atoms with Gasteiger partial charge in [-0.3, -0.25) is 0 Å². The smallest absolute Gasteiger partial charge is 0.350 e. The molecule has 0 atom stereocenters. The zero-order valence-corrected chi connectivity index (χ0v) is 10.3. The highest BCUT2D eigenvalue weighted by atomic mass is 32.1. The summed E-state index contributed by atoms with van der Waals surface area (Å²) in [6.45, 7) is 6.43. The first-order chi connectivity index (χ1) is 7.19. The van der Waals surface area contributed by atoms with Crippen molar-refractivity contribution in [2.75, 3.05) is 6.61 Å². The summed E-state index contributed by atoms with van der Waals surface area (Å²) in [7, 11) is 0. The van der Waals surface area contributed by atoms with Crippen molar-refractivity contribution in [3.63, 3.8) is 0 Å². The monoisotopic (exact) mass is 227 g/mol. The van der Waals surface area contributed by atoms with Crippen LogP contribution >= 0.6 is 11.3 Å². The Balaban J connectivity index is 2.71. The average molecular weight is 227 g/mol. The fraction of sp³-hybridized carbons (Fsp3) is 0.636. The van der Waals surface area contributed by atoms with E-state index in [0.29, 0.717) is 11.5 Å². The fourth-order valence-electron chi connectivity index (χ4n) is 1.22. The van der Waals surface area contributed by atoms with Gasteiger partial charge in [0.2, 0.25) is 0 Å². The largest absolute Gasteiger partial charge is 0.461 e. The standard InChI is InChI=1S/C11H17NO2S/c1-4-6-9-12-8(3)10(15-9)11(13)14-7-5-2/h4-7H2,1-3H3. The van der Waals surface area contributed by atoms with Crippen molar-refractivity contribution in [1.29, 1.82) is 0 Å². The Labute approximate surface area is 94.5 Å². The number of aryl methyl sites for hydroxylation is 2. The summed E-state index contributed by atoms with van der Waals surface area (Å²) >= 11 is 1.46. The molecule has 0 amide bonds. The van der Waals surface area contributed by atoms with Gasteiger partial charge in [0.1, 0.15) is 4.88 Å². The Morgan fingerprint density at radius 2 is 2.13 bits per heavy atom. The van der Waals surface area contributed by atoms with Crippen LogP contribution in [0.1, 0.15) is 47.1 Å². The minimum atomic E-state index is -0.228. The van der Waals surface area contributed by atoms with Gasteiger partial charge in [0.15, 0.2) is 0 Å². The predicted octanol–water partition coefficient (Wildman–Crippen LogP) is 2.97. The van der Waals surface area contributed by atoms with Crippen molar-refractivity contribution < 1.29 is 9.53 Å². The highest BCUT2D eigenvalue weighted by Gasteiger charge is 2.15. The third kappa shape index (κ3) is 3.30. The lowest BCUT2D eigenvalue weighted by Crippen LogP contribution is -2.05. The second kappa shape index (κ2) is 5.85. The fourth-order valence-corrected chi connectivity index (χ4v) is 2.28. The molecule has 1 aromatic heterocycles. The molecule has 0 saturated heterocycles. The molecule has 0 fully saturated rings. The number of esters is 1. The maximum atomic E-state index is 11.6. The lowest BCUT2D eigenvalue weighted by molar-refractivity contribution is 0.0510. The van der Waals surface area contributed by atoms with E-state index in [2.05, 4.69) is 11.9 Å². The minimum Gasteiger partial charge on any atom is -0.461 e. The molecule has 0 aliphatic rings. The van der Waals surface area contributed by atoms with Crippen molar-refractivity contribution in [1.82, 2.24) is 4.98 Å². The van der Waals surface area contributed by atoms with Gasteiger partial charge in [-0.05, 0) is 26.2 Å². The first-order valence-electron chi connectivity index (χ1n) is 5.32. The van der Waals surface area contributed by atoms with Crippen molar-refractivity contribution in [3.8, 4) is 0 Å². The molecular weight excluding hydrogens is 210 g/mol. The highest BCUT2D eigenvalue weighted by molar-refractivity contribution is 7.13. The number of thiazole rings is 1. The molecule has 1 heterocycles. The molecule has 0 aliphatic heterocycles. The summed E-state index contributed by atoms with van der Waals surface area (Å²) in [5.74, 6) is -0.228. The maximum Gasteiger partial charge on any atom is 0.350 e. The average Bonchev–Trinajstić information content (AvgIpc) is 2.57. The van der Waals surface area contributed by atoms with Crippen molar-refractivity contribution >= 4 is 17.3 Å². The van der Waals surface area contributed by atoms with Crippen LogP contribution in [0, 0.1) is 6.92 Å². The number of carbonyl (C=O) groups excluding carboxylic acids is 1. The second-order valence-corrected chi connectivity index (χ2v) is 4.49. The number of ether oxygens (including phenoxy) is 1. The second-order valence-electron chi connectivity index (χ2n) is 3.41. The highest BCUT2D eigenvalue weighted by Crippen LogP contribution is 2.20. The third-order valence-corrected chi connectivity index (χ3v) is 3.12. The molecule has 0 radical (unpaired) electrons. The van der Waals surface area contributed by atoms with E-state index in [0.717, 1.165) is 30.0 Å². The summed E-state index contributed by atoms with van der Waals surface area (Å²) in [6.07, 6.45) is 2.84. The Morgan fingerprint density at radius 3 is 2.73 bits per heavy atom. The number of hydrogen-bond donors (Lipinski definition) is 0. The summed E-state index contributed by atoms with van der Waals surface area (Å²) in [5, 5.41) is 1.03. The van der Waals surface area contributed by atoms with Crippen LogP contribution in [-0.4, -0.2) is 17.6 Å². The van der Waals surface area contributed by atoms with Gasteiger partial charge >= 0.3 is 5.97 Å². The molecule has 3 nitrogen and oxygen atoms in total. The van der Waals surface area contributed by atoms with Gasteiger partial charge in [0.05, 0.1) is 17.3 Å². The van der Waals surface area contributed by atoms with Crippen LogP contribution in [0.4, 0.5) is 0 Å². The van der Waals surface area contributed by atoms with Crippen LogP contribution in [0.3, 0.4) is 0 Å². The minimum absolute atomic E-state index is 0.228. The van der Waals surface area contributed by atoms with Crippen molar-refractivity contribution in [2.45, 2.75) is 40.0 Å². The van der Waals surface area contributed by atoms with Gasteiger partial charge < -0.3 is 4.74 Å². The maximum absolute atomic E-state index is 11.6. The lowest BCUT2D eigenvalue weighted by atomic mass is 10.3. The predicted molar refractivity (Wildman–Crippen MR) is 61.4 cm³/mol. The molecule has 1 rings (SSSR count). The zero-order chi connectivity index (χ0) is 11.3. The van der Waals surface area contributed by atoms with Crippen molar-refractivity contribution in [3.05, 3.63) is 15.6 Å². The molecule has 0 N–H and O–H groups in total. The molecule has 0 saturated carbocycles. The number of carbonyl (C=O) groups is 1. The van der Waals surface area contributed by atoms with E-state index in [4.69, 9.17) is 4.74 Å². The third-order valence-electron chi connectivity index (χ3n) is 1.93. The van der Waals surface area contributed by atoms with E-state index in [-0.39, 0.29) is 5.97 Å². The van der Waals surface area contributed by atoms with Crippen LogP contribution in [0.15, 0.2) is 0 Å². The van der Waals surface area contributed by atoms with Gasteiger partial charge in [-0.15, -0.1) is 11.3 Å². The quantitative estimate of drug-likeness (QED) is 0.726. The van der Waals surface area contributed by atoms with E-state index >= 15 is 0 Å². The van der Waals surface area contributed by atoms with E-state index in [9.17, 15) is 4.79 Å².